The van der Waals surface area contributed by atoms with Gasteiger partial charge in [0.15, 0.2) is 0 Å². The highest BCUT2D eigenvalue weighted by atomic mass is 19.1. The minimum absolute atomic E-state index is 0.0486. The van der Waals surface area contributed by atoms with E-state index in [0.29, 0.717) is 18.8 Å². The summed E-state index contributed by atoms with van der Waals surface area (Å²) >= 11 is 0. The van der Waals surface area contributed by atoms with E-state index in [4.69, 9.17) is 9.57 Å². The van der Waals surface area contributed by atoms with E-state index in [1.54, 1.807) is 0 Å². The van der Waals surface area contributed by atoms with Gasteiger partial charge >= 0.3 is 0 Å². The molecule has 1 N–H and O–H groups in total. The molecule has 1 aliphatic rings. The minimum Gasteiger partial charge on any atom is -0.497 e. The van der Waals surface area contributed by atoms with Crippen LogP contribution in [-0.4, -0.2) is 26.6 Å². The van der Waals surface area contributed by atoms with Crippen molar-refractivity contribution in [1.82, 2.24) is 5.48 Å². The van der Waals surface area contributed by atoms with E-state index >= 15 is 0 Å². The third-order valence-electron chi connectivity index (χ3n) is 2.86. The van der Waals surface area contributed by atoms with Crippen LogP contribution in [-0.2, 0) is 4.84 Å². The zero-order valence-electron chi connectivity index (χ0n) is 10.2. The zero-order chi connectivity index (χ0) is 13.1. The van der Waals surface area contributed by atoms with Gasteiger partial charge in [-0.2, -0.15) is 0 Å². The lowest BCUT2D eigenvalue weighted by Crippen LogP contribution is -2.20. The van der Waals surface area contributed by atoms with Crippen LogP contribution in [0, 0.1) is 11.6 Å². The van der Waals surface area contributed by atoms with Crippen LogP contribution in [0.4, 0.5) is 8.78 Å². The van der Waals surface area contributed by atoms with Crippen LogP contribution >= 0.6 is 0 Å². The fourth-order valence-electron chi connectivity index (χ4n) is 2.04. The maximum absolute atomic E-state index is 13.8. The summed E-state index contributed by atoms with van der Waals surface area (Å²) in [5.74, 6) is -0.759. The van der Waals surface area contributed by atoms with Crippen molar-refractivity contribution in [2.24, 2.45) is 4.99 Å². The van der Waals surface area contributed by atoms with Gasteiger partial charge in [0.25, 0.3) is 0 Å². The number of ether oxygens (including phenoxy) is 1. The van der Waals surface area contributed by atoms with Gasteiger partial charge in [-0.1, -0.05) is 0 Å². The Morgan fingerprint density at radius 3 is 2.50 bits per heavy atom. The van der Waals surface area contributed by atoms with Crippen molar-refractivity contribution >= 4 is 5.84 Å². The molecule has 1 aromatic carbocycles. The molecule has 0 fully saturated rings. The zero-order valence-corrected chi connectivity index (χ0v) is 10.2. The molecule has 1 heterocycles. The van der Waals surface area contributed by atoms with Gasteiger partial charge in [0.2, 0.25) is 0 Å². The van der Waals surface area contributed by atoms with Crippen LogP contribution < -0.4 is 10.2 Å². The first kappa shape index (κ1) is 12.8. The van der Waals surface area contributed by atoms with E-state index < -0.39 is 11.6 Å². The van der Waals surface area contributed by atoms with Crippen LogP contribution in [0.5, 0.6) is 5.75 Å². The first-order valence-corrected chi connectivity index (χ1v) is 5.51. The van der Waals surface area contributed by atoms with Crippen LogP contribution in [0.2, 0.25) is 0 Å². The number of hydrogen-bond donors (Lipinski definition) is 1. The Morgan fingerprint density at radius 2 is 1.94 bits per heavy atom. The lowest BCUT2D eigenvalue weighted by molar-refractivity contribution is 0.143. The molecule has 98 valence electrons. The summed E-state index contributed by atoms with van der Waals surface area (Å²) < 4.78 is 32.5. The number of amidine groups is 1. The fraction of sp³-hybridized carbons (Fsp3) is 0.417. The Kier molecular flexibility index (Phi) is 3.76. The van der Waals surface area contributed by atoms with E-state index in [1.807, 2.05) is 0 Å². The highest BCUT2D eigenvalue weighted by Gasteiger charge is 2.26. The summed E-state index contributed by atoms with van der Waals surface area (Å²) in [5, 5.41) is 0. The molecule has 1 aromatic rings. The van der Waals surface area contributed by atoms with Gasteiger partial charge in [0.1, 0.15) is 23.2 Å². The second-order valence-corrected chi connectivity index (χ2v) is 4.00. The van der Waals surface area contributed by atoms with E-state index in [0.717, 1.165) is 0 Å². The highest BCUT2D eigenvalue weighted by molar-refractivity contribution is 5.83. The third kappa shape index (κ3) is 2.43. The predicted molar refractivity (Wildman–Crippen MR) is 62.7 cm³/mol. The molecule has 0 aromatic heterocycles. The average Bonchev–Trinajstić information content (AvgIpc) is 2.77. The first-order valence-electron chi connectivity index (χ1n) is 5.51. The van der Waals surface area contributed by atoms with E-state index in [1.165, 1.54) is 26.4 Å². The maximum atomic E-state index is 13.8. The molecule has 1 aliphatic heterocycles. The molecular formula is C12H14F2N2O2. The number of nitrogens with zero attached hydrogens (tertiary/aromatic N) is 1. The summed E-state index contributed by atoms with van der Waals surface area (Å²) in [4.78, 5) is 8.84. The predicted octanol–water partition coefficient (Wildman–Crippen LogP) is 2.01. The van der Waals surface area contributed by atoms with Crippen molar-refractivity contribution in [2.45, 2.75) is 12.3 Å². The van der Waals surface area contributed by atoms with Crippen molar-refractivity contribution in [3.8, 4) is 5.75 Å². The smallest absolute Gasteiger partial charge is 0.133 e. The van der Waals surface area contributed by atoms with Crippen molar-refractivity contribution in [1.29, 1.82) is 0 Å². The van der Waals surface area contributed by atoms with Gasteiger partial charge in [-0.15, -0.1) is 0 Å². The highest BCUT2D eigenvalue weighted by Crippen LogP contribution is 2.31. The molecule has 2 rings (SSSR count). The molecular weight excluding hydrogens is 242 g/mol. The average molecular weight is 256 g/mol. The molecule has 0 saturated carbocycles. The standard InChI is InChI=1S/C12H14F2N2O2/c1-17-8-4-9(13)12(10(14)5-8)7-3-11(15-6-7)16-18-2/h4-5,7H,3,6H2,1-2H3,(H,15,16)/t7-/m0/s1. The Hall–Kier alpha value is -1.69. The topological polar surface area (TPSA) is 42.8 Å². The van der Waals surface area contributed by atoms with Gasteiger partial charge in [0.05, 0.1) is 14.2 Å². The molecule has 0 radical (unpaired) electrons. The normalized spacial score (nSPS) is 18.7. The van der Waals surface area contributed by atoms with Crippen LogP contribution in [0.1, 0.15) is 17.9 Å². The molecule has 6 heteroatoms. The first-order chi connectivity index (χ1) is 8.65. The molecule has 0 amide bonds. The number of benzene rings is 1. The second-order valence-electron chi connectivity index (χ2n) is 4.00. The van der Waals surface area contributed by atoms with Gasteiger partial charge in [-0.05, 0) is 0 Å². The molecule has 0 unspecified atom stereocenters. The van der Waals surface area contributed by atoms with Crippen LogP contribution in [0.3, 0.4) is 0 Å². The molecule has 0 bridgehead atoms. The Balaban J connectivity index is 2.21. The van der Waals surface area contributed by atoms with E-state index in [9.17, 15) is 8.78 Å². The van der Waals surface area contributed by atoms with Gasteiger partial charge in [-0.3, -0.25) is 15.3 Å². The number of hydroxylamine groups is 1. The molecule has 0 saturated heterocycles. The third-order valence-corrected chi connectivity index (χ3v) is 2.86. The fourth-order valence-corrected chi connectivity index (χ4v) is 2.04. The van der Waals surface area contributed by atoms with E-state index in [2.05, 4.69) is 10.5 Å². The van der Waals surface area contributed by atoms with Crippen molar-refractivity contribution in [2.75, 3.05) is 20.8 Å². The number of methoxy groups -OCH3 is 1. The number of aliphatic imine (C=N–C) groups is 1. The van der Waals surface area contributed by atoms with E-state index in [-0.39, 0.29) is 17.2 Å². The number of halogens is 2. The maximum Gasteiger partial charge on any atom is 0.133 e. The largest absolute Gasteiger partial charge is 0.497 e. The molecule has 0 aliphatic carbocycles. The lowest BCUT2D eigenvalue weighted by Gasteiger charge is -2.13. The van der Waals surface area contributed by atoms with Crippen LogP contribution in [0.25, 0.3) is 0 Å². The molecule has 0 spiro atoms. The molecule has 4 nitrogen and oxygen atoms in total. The van der Waals surface area contributed by atoms with Crippen molar-refractivity contribution < 1.29 is 18.4 Å². The monoisotopic (exact) mass is 256 g/mol. The SMILES string of the molecule is CONC1=NC[C@@H](c2c(F)cc(OC)cc2F)C1. The summed E-state index contributed by atoms with van der Waals surface area (Å²) in [6.45, 7) is 0.339. The number of rotatable bonds is 3. The minimum atomic E-state index is -0.606. The van der Waals surface area contributed by atoms with Gasteiger partial charge in [0, 0.05) is 36.6 Å². The van der Waals surface area contributed by atoms with Gasteiger partial charge < -0.3 is 4.74 Å². The molecule has 18 heavy (non-hydrogen) atoms. The van der Waals surface area contributed by atoms with Crippen molar-refractivity contribution in [3.63, 3.8) is 0 Å². The number of nitrogens with one attached hydrogen (secondary N) is 1. The summed E-state index contributed by atoms with van der Waals surface area (Å²) in [6, 6.07) is 2.36. The molecule has 1 atom stereocenters. The van der Waals surface area contributed by atoms with Crippen LogP contribution in [0.15, 0.2) is 17.1 Å². The summed E-state index contributed by atoms with van der Waals surface area (Å²) in [6.07, 6.45) is 0.425. The Labute approximate surface area is 104 Å². The summed E-state index contributed by atoms with van der Waals surface area (Å²) in [7, 11) is 2.83. The summed E-state index contributed by atoms with van der Waals surface area (Å²) in [5.41, 5.74) is 2.63. The Bertz CT molecular complexity index is 454. The van der Waals surface area contributed by atoms with Gasteiger partial charge in [-0.25, -0.2) is 8.78 Å². The van der Waals surface area contributed by atoms with Crippen molar-refractivity contribution in [3.05, 3.63) is 29.3 Å². The number of hydrogen-bond acceptors (Lipinski definition) is 4. The second kappa shape index (κ2) is 5.30. The lowest BCUT2D eigenvalue weighted by atomic mass is 9.96. The Morgan fingerprint density at radius 1 is 1.28 bits per heavy atom. The quantitative estimate of drug-likeness (QED) is 0.841.